The monoisotopic (exact) mass is 320 g/mol. The van der Waals surface area contributed by atoms with Gasteiger partial charge < -0.3 is 4.74 Å². The van der Waals surface area contributed by atoms with Gasteiger partial charge in [0, 0.05) is 5.56 Å². The zero-order chi connectivity index (χ0) is 16.2. The third-order valence-corrected chi connectivity index (χ3v) is 4.32. The highest BCUT2D eigenvalue weighted by Crippen LogP contribution is 2.15. The van der Waals surface area contributed by atoms with Gasteiger partial charge in [0.1, 0.15) is 5.75 Å². The number of aryl methyl sites for hydroxylation is 1. The van der Waals surface area contributed by atoms with Crippen LogP contribution in [0.2, 0.25) is 0 Å². The number of nitrogens with one attached hydrogen (secondary N) is 2. The fourth-order valence-electron chi connectivity index (χ4n) is 1.82. The highest BCUT2D eigenvalue weighted by atomic mass is 32.2. The van der Waals surface area contributed by atoms with Crippen molar-refractivity contribution in [1.29, 1.82) is 0 Å². The molecule has 0 saturated heterocycles. The van der Waals surface area contributed by atoms with Crippen molar-refractivity contribution in [3.63, 3.8) is 0 Å². The maximum atomic E-state index is 12.1. The minimum absolute atomic E-state index is 0.0263. The van der Waals surface area contributed by atoms with Crippen LogP contribution in [0.5, 0.6) is 5.75 Å². The lowest BCUT2D eigenvalue weighted by Crippen LogP contribution is -2.41. The van der Waals surface area contributed by atoms with Gasteiger partial charge in [-0.3, -0.25) is 10.2 Å². The molecule has 0 bridgehead atoms. The standard InChI is InChI=1S/C15H16N2O4S/c1-11-5-3-4-6-14(11)15(18)16-17-22(19,20)13-9-7-12(21-2)8-10-13/h3-10,17H,1-2H3,(H,16,18). The van der Waals surface area contributed by atoms with E-state index in [0.717, 1.165) is 5.56 Å². The van der Waals surface area contributed by atoms with Crippen LogP contribution in [-0.2, 0) is 10.0 Å². The second-order valence-corrected chi connectivity index (χ2v) is 6.23. The van der Waals surface area contributed by atoms with E-state index in [1.807, 2.05) is 0 Å². The van der Waals surface area contributed by atoms with Crippen LogP contribution in [0, 0.1) is 6.92 Å². The average molecular weight is 320 g/mol. The van der Waals surface area contributed by atoms with Gasteiger partial charge in [-0.1, -0.05) is 18.2 Å². The molecule has 0 aliphatic heterocycles. The average Bonchev–Trinajstić information content (AvgIpc) is 2.53. The Morgan fingerprint density at radius 2 is 1.68 bits per heavy atom. The molecule has 6 nitrogen and oxygen atoms in total. The zero-order valence-corrected chi connectivity index (χ0v) is 13.0. The molecule has 116 valence electrons. The predicted molar refractivity (Wildman–Crippen MR) is 82.0 cm³/mol. The number of amides is 1. The van der Waals surface area contributed by atoms with Gasteiger partial charge in [0.15, 0.2) is 0 Å². The number of methoxy groups -OCH3 is 1. The van der Waals surface area contributed by atoms with E-state index >= 15 is 0 Å². The lowest BCUT2D eigenvalue weighted by atomic mass is 10.1. The minimum Gasteiger partial charge on any atom is -0.497 e. The van der Waals surface area contributed by atoms with Crippen molar-refractivity contribution in [1.82, 2.24) is 10.3 Å². The van der Waals surface area contributed by atoms with E-state index in [9.17, 15) is 13.2 Å². The van der Waals surface area contributed by atoms with Gasteiger partial charge in [-0.2, -0.15) is 0 Å². The maximum absolute atomic E-state index is 12.1. The predicted octanol–water partition coefficient (Wildman–Crippen LogP) is 1.63. The third kappa shape index (κ3) is 3.63. The number of carbonyl (C=O) groups is 1. The Morgan fingerprint density at radius 1 is 1.05 bits per heavy atom. The van der Waals surface area contributed by atoms with E-state index in [0.29, 0.717) is 11.3 Å². The largest absolute Gasteiger partial charge is 0.497 e. The van der Waals surface area contributed by atoms with Crippen LogP contribution in [0.1, 0.15) is 15.9 Å². The molecule has 0 atom stereocenters. The molecule has 0 saturated carbocycles. The van der Waals surface area contributed by atoms with E-state index in [2.05, 4.69) is 10.3 Å². The summed E-state index contributed by atoms with van der Waals surface area (Å²) in [4.78, 5) is 14.1. The lowest BCUT2D eigenvalue weighted by Gasteiger charge is -2.10. The van der Waals surface area contributed by atoms with E-state index in [1.165, 1.54) is 31.4 Å². The van der Waals surface area contributed by atoms with E-state index in [4.69, 9.17) is 4.74 Å². The van der Waals surface area contributed by atoms with Gasteiger partial charge >= 0.3 is 0 Å². The van der Waals surface area contributed by atoms with E-state index in [-0.39, 0.29) is 4.90 Å². The van der Waals surface area contributed by atoms with Crippen molar-refractivity contribution in [3.05, 3.63) is 59.7 Å². The van der Waals surface area contributed by atoms with Crippen LogP contribution >= 0.6 is 0 Å². The third-order valence-electron chi connectivity index (χ3n) is 3.06. The SMILES string of the molecule is COc1ccc(S(=O)(=O)NNC(=O)c2ccccc2C)cc1. The molecule has 0 heterocycles. The van der Waals surface area contributed by atoms with Crippen LogP contribution in [0.15, 0.2) is 53.4 Å². The fourth-order valence-corrected chi connectivity index (χ4v) is 2.66. The number of hydrogen-bond donors (Lipinski definition) is 2. The molecule has 1 amide bonds. The number of benzene rings is 2. The first-order valence-electron chi connectivity index (χ1n) is 6.46. The van der Waals surface area contributed by atoms with Crippen LogP contribution in [0.4, 0.5) is 0 Å². The summed E-state index contributed by atoms with van der Waals surface area (Å²) < 4.78 is 29.1. The summed E-state index contributed by atoms with van der Waals surface area (Å²) in [6.45, 7) is 1.77. The summed E-state index contributed by atoms with van der Waals surface area (Å²) in [7, 11) is -2.35. The normalized spacial score (nSPS) is 11.0. The second-order valence-electron chi connectivity index (χ2n) is 4.55. The molecule has 0 aliphatic rings. The van der Waals surface area contributed by atoms with Crippen molar-refractivity contribution in [2.24, 2.45) is 0 Å². The van der Waals surface area contributed by atoms with Gasteiger partial charge in [-0.05, 0) is 42.8 Å². The topological polar surface area (TPSA) is 84.5 Å². The molecule has 0 aliphatic carbocycles. The van der Waals surface area contributed by atoms with Crippen LogP contribution in [0.3, 0.4) is 0 Å². The number of hydrazine groups is 1. The van der Waals surface area contributed by atoms with Crippen LogP contribution in [-0.4, -0.2) is 21.4 Å². The Kier molecular flexibility index (Phi) is 4.79. The number of carbonyl (C=O) groups excluding carboxylic acids is 1. The molecule has 22 heavy (non-hydrogen) atoms. The molecule has 0 unspecified atom stereocenters. The summed E-state index contributed by atoms with van der Waals surface area (Å²) in [5, 5.41) is 0. The van der Waals surface area contributed by atoms with Gasteiger partial charge in [0.25, 0.3) is 15.9 Å². The van der Waals surface area contributed by atoms with Crippen LogP contribution in [0.25, 0.3) is 0 Å². The summed E-state index contributed by atoms with van der Waals surface area (Å²) in [6, 6.07) is 12.7. The van der Waals surface area contributed by atoms with Gasteiger partial charge in [-0.25, -0.2) is 8.42 Å². The molecule has 0 fully saturated rings. The first-order valence-corrected chi connectivity index (χ1v) is 7.94. The number of ether oxygens (including phenoxy) is 1. The Balaban J connectivity index is 2.09. The Hall–Kier alpha value is -2.38. The highest BCUT2D eigenvalue weighted by molar-refractivity contribution is 7.89. The molecule has 2 aromatic rings. The van der Waals surface area contributed by atoms with Crippen molar-refractivity contribution in [3.8, 4) is 5.75 Å². The van der Waals surface area contributed by atoms with Gasteiger partial charge in [-0.15, -0.1) is 4.83 Å². The molecule has 2 N–H and O–H groups in total. The number of sulfonamides is 1. The molecule has 0 spiro atoms. The van der Waals surface area contributed by atoms with Crippen molar-refractivity contribution in [2.45, 2.75) is 11.8 Å². The van der Waals surface area contributed by atoms with Gasteiger partial charge in [0.2, 0.25) is 0 Å². The quantitative estimate of drug-likeness (QED) is 0.820. The maximum Gasteiger partial charge on any atom is 0.266 e. The first-order chi connectivity index (χ1) is 10.4. The van der Waals surface area contributed by atoms with E-state index < -0.39 is 15.9 Å². The zero-order valence-electron chi connectivity index (χ0n) is 12.2. The number of hydrogen-bond acceptors (Lipinski definition) is 4. The number of rotatable bonds is 5. The molecular weight excluding hydrogens is 304 g/mol. The van der Waals surface area contributed by atoms with Crippen molar-refractivity contribution >= 4 is 15.9 Å². The lowest BCUT2D eigenvalue weighted by molar-refractivity contribution is 0.0944. The molecule has 0 aromatic heterocycles. The molecule has 2 aromatic carbocycles. The Bertz CT molecular complexity index is 770. The van der Waals surface area contributed by atoms with Crippen LogP contribution < -0.4 is 15.0 Å². The highest BCUT2D eigenvalue weighted by Gasteiger charge is 2.16. The second kappa shape index (κ2) is 6.59. The first kappa shape index (κ1) is 16.0. The smallest absolute Gasteiger partial charge is 0.266 e. The summed E-state index contributed by atoms with van der Waals surface area (Å²) >= 11 is 0. The summed E-state index contributed by atoms with van der Waals surface area (Å²) in [5.74, 6) is 0.0260. The summed E-state index contributed by atoms with van der Waals surface area (Å²) in [5.41, 5.74) is 3.36. The molecule has 0 radical (unpaired) electrons. The Morgan fingerprint density at radius 3 is 2.27 bits per heavy atom. The summed E-state index contributed by atoms with van der Waals surface area (Å²) in [6.07, 6.45) is 0. The molecule has 7 heteroatoms. The van der Waals surface area contributed by atoms with Crippen molar-refractivity contribution in [2.75, 3.05) is 7.11 Å². The minimum atomic E-state index is -3.84. The van der Waals surface area contributed by atoms with Crippen molar-refractivity contribution < 1.29 is 17.9 Å². The van der Waals surface area contributed by atoms with E-state index in [1.54, 1.807) is 31.2 Å². The Labute approximate surface area is 129 Å². The fraction of sp³-hybridized carbons (Fsp3) is 0.133. The molecule has 2 rings (SSSR count). The molecular formula is C15H16N2O4S. The van der Waals surface area contributed by atoms with Gasteiger partial charge in [0.05, 0.1) is 12.0 Å².